The Morgan fingerprint density at radius 3 is 2.81 bits per heavy atom. The van der Waals surface area contributed by atoms with Crippen molar-refractivity contribution >= 4 is 49.0 Å². The molecule has 0 radical (unpaired) electrons. The van der Waals surface area contributed by atoms with E-state index in [0.29, 0.717) is 11.2 Å². The lowest BCUT2D eigenvalue weighted by molar-refractivity contribution is -0.145. The number of halogens is 1. The minimum absolute atomic E-state index is 0.0743. The number of carbonyl (C=O) groups excluding carboxylic acids is 1. The summed E-state index contributed by atoms with van der Waals surface area (Å²) >= 11 is 3.38. The van der Waals surface area contributed by atoms with E-state index in [0.717, 1.165) is 6.26 Å². The number of hydrogen-bond donors (Lipinski definition) is 1. The molecule has 4 atom stereocenters. The molecule has 13 heteroatoms. The summed E-state index contributed by atoms with van der Waals surface area (Å²) < 4.78 is 40.9. The zero-order chi connectivity index (χ0) is 19.1. The first-order valence-corrected chi connectivity index (χ1v) is 10.1. The van der Waals surface area contributed by atoms with E-state index < -0.39 is 39.4 Å². The van der Waals surface area contributed by atoms with E-state index in [9.17, 15) is 13.2 Å². The lowest BCUT2D eigenvalue weighted by Crippen LogP contribution is -2.33. The summed E-state index contributed by atoms with van der Waals surface area (Å²) in [5.41, 5.74) is 6.49. The van der Waals surface area contributed by atoms with Gasteiger partial charge in [0.1, 0.15) is 30.7 Å². The molecule has 2 aromatic heterocycles. The second kappa shape index (κ2) is 7.06. The molecule has 0 amide bonds. The Balaban J connectivity index is 1.98. The number of esters is 1. The maximum Gasteiger partial charge on any atom is 0.302 e. The third-order valence-electron chi connectivity index (χ3n) is 3.66. The maximum atomic E-state index is 11.7. The number of carbonyl (C=O) groups is 1. The summed E-state index contributed by atoms with van der Waals surface area (Å²) in [7, 11) is -3.79. The molecule has 0 unspecified atom stereocenters. The van der Waals surface area contributed by atoms with Crippen LogP contribution in [-0.2, 0) is 28.6 Å². The lowest BCUT2D eigenvalue weighted by Gasteiger charge is -2.20. The van der Waals surface area contributed by atoms with Gasteiger partial charge in [-0.3, -0.25) is 13.5 Å². The van der Waals surface area contributed by atoms with Crippen LogP contribution < -0.4 is 5.73 Å². The Bertz CT molecular complexity index is 934. The number of hydrogen-bond acceptors (Lipinski definition) is 10. The van der Waals surface area contributed by atoms with Crippen molar-refractivity contribution in [2.45, 2.75) is 30.2 Å². The summed E-state index contributed by atoms with van der Waals surface area (Å²) in [5, 5.41) is 0. The van der Waals surface area contributed by atoms with Gasteiger partial charge >= 0.3 is 5.97 Å². The Morgan fingerprint density at radius 1 is 1.42 bits per heavy atom. The van der Waals surface area contributed by atoms with Gasteiger partial charge < -0.3 is 15.2 Å². The van der Waals surface area contributed by atoms with Gasteiger partial charge in [-0.05, 0) is 0 Å². The molecule has 1 aliphatic heterocycles. The number of nitrogens with two attached hydrogens (primary N) is 1. The van der Waals surface area contributed by atoms with Gasteiger partial charge in [0.2, 0.25) is 0 Å². The smallest absolute Gasteiger partial charge is 0.302 e. The third kappa shape index (κ3) is 3.79. The molecule has 0 saturated carbocycles. The number of ether oxygens (including phenoxy) is 2. The van der Waals surface area contributed by atoms with Crippen molar-refractivity contribution < 1.29 is 26.9 Å². The molecular weight excluding hydrogens is 434 g/mol. The van der Waals surface area contributed by atoms with Crippen LogP contribution in [0.15, 0.2) is 12.7 Å². The quantitative estimate of drug-likeness (QED) is 0.374. The van der Waals surface area contributed by atoms with Crippen molar-refractivity contribution in [1.82, 2.24) is 19.5 Å². The van der Waals surface area contributed by atoms with E-state index in [1.807, 2.05) is 0 Å². The molecule has 26 heavy (non-hydrogen) atoms. The average Bonchev–Trinajstić information content (AvgIpc) is 3.08. The van der Waals surface area contributed by atoms with Crippen molar-refractivity contribution in [3.63, 3.8) is 0 Å². The monoisotopic (exact) mass is 449 g/mol. The third-order valence-corrected chi connectivity index (χ3v) is 5.34. The molecule has 1 aliphatic rings. The highest BCUT2D eigenvalue weighted by molar-refractivity contribution is 9.09. The minimum Gasteiger partial charge on any atom is -0.463 e. The van der Waals surface area contributed by atoms with Crippen molar-refractivity contribution in [1.29, 1.82) is 0 Å². The highest BCUT2D eigenvalue weighted by Gasteiger charge is 2.48. The minimum atomic E-state index is -3.79. The first-order chi connectivity index (χ1) is 12.2. The van der Waals surface area contributed by atoms with Gasteiger partial charge in [0, 0.05) is 6.92 Å². The van der Waals surface area contributed by atoms with Crippen LogP contribution in [-0.4, -0.2) is 63.8 Å². The fourth-order valence-electron chi connectivity index (χ4n) is 2.61. The van der Waals surface area contributed by atoms with Gasteiger partial charge in [0.05, 0.1) is 17.4 Å². The van der Waals surface area contributed by atoms with Crippen LogP contribution >= 0.6 is 15.9 Å². The van der Waals surface area contributed by atoms with Gasteiger partial charge in [0.15, 0.2) is 17.7 Å². The Morgan fingerprint density at radius 2 is 2.15 bits per heavy atom. The van der Waals surface area contributed by atoms with Crippen molar-refractivity contribution in [2.75, 3.05) is 18.6 Å². The molecule has 3 heterocycles. The second-order valence-electron chi connectivity index (χ2n) is 5.66. The zero-order valence-electron chi connectivity index (χ0n) is 13.8. The molecular formula is C13H16BrN5O6S. The van der Waals surface area contributed by atoms with Crippen LogP contribution in [0.4, 0.5) is 5.82 Å². The number of nitrogens with zero attached hydrogens (tertiary/aromatic N) is 4. The highest BCUT2D eigenvalue weighted by Crippen LogP contribution is 2.38. The van der Waals surface area contributed by atoms with Gasteiger partial charge in [0.25, 0.3) is 10.1 Å². The molecule has 2 N–H and O–H groups in total. The van der Waals surface area contributed by atoms with Gasteiger partial charge in [-0.15, -0.1) is 0 Å². The molecule has 0 spiro atoms. The van der Waals surface area contributed by atoms with Gasteiger partial charge in [-0.1, -0.05) is 15.9 Å². The van der Waals surface area contributed by atoms with Gasteiger partial charge in [-0.25, -0.2) is 15.0 Å². The predicted molar refractivity (Wildman–Crippen MR) is 92.7 cm³/mol. The highest BCUT2D eigenvalue weighted by atomic mass is 79.9. The normalized spacial score (nSPS) is 26.3. The van der Waals surface area contributed by atoms with Crippen LogP contribution in [0.1, 0.15) is 13.2 Å². The van der Waals surface area contributed by atoms with Crippen LogP contribution in [0.25, 0.3) is 11.2 Å². The first-order valence-electron chi connectivity index (χ1n) is 7.41. The lowest BCUT2D eigenvalue weighted by atomic mass is 10.2. The average molecular weight is 450 g/mol. The maximum absolute atomic E-state index is 11.7. The second-order valence-corrected chi connectivity index (χ2v) is 8.32. The number of imidazole rings is 1. The Kier molecular flexibility index (Phi) is 5.14. The summed E-state index contributed by atoms with van der Waals surface area (Å²) in [5.74, 6) is -0.301. The largest absolute Gasteiger partial charge is 0.463 e. The molecule has 2 aromatic rings. The molecule has 11 nitrogen and oxygen atoms in total. The Hall–Kier alpha value is -1.83. The SMILES string of the molecule is CC(=O)OC[C@H]1O[C@@H](n2cnc3c(N)ncnc32)[C@H](OS(C)(=O)=O)[C@@H]1Br. The Labute approximate surface area is 157 Å². The van der Waals surface area contributed by atoms with Crippen molar-refractivity contribution in [3.8, 4) is 0 Å². The fraction of sp³-hybridized carbons (Fsp3) is 0.538. The summed E-state index contributed by atoms with van der Waals surface area (Å²) in [4.78, 5) is 22.6. The number of rotatable bonds is 5. The van der Waals surface area contributed by atoms with E-state index in [4.69, 9.17) is 19.4 Å². The summed E-state index contributed by atoms with van der Waals surface area (Å²) in [6, 6.07) is 0. The van der Waals surface area contributed by atoms with Crippen LogP contribution in [0.5, 0.6) is 0 Å². The van der Waals surface area contributed by atoms with E-state index in [1.165, 1.54) is 24.1 Å². The van der Waals surface area contributed by atoms with Crippen LogP contribution in [0, 0.1) is 0 Å². The zero-order valence-corrected chi connectivity index (χ0v) is 16.2. The van der Waals surface area contributed by atoms with E-state index in [1.54, 1.807) is 0 Å². The first kappa shape index (κ1) is 18.9. The molecule has 1 fully saturated rings. The van der Waals surface area contributed by atoms with Crippen molar-refractivity contribution in [3.05, 3.63) is 12.7 Å². The summed E-state index contributed by atoms with van der Waals surface area (Å²) in [6.07, 6.45) is 1.13. The van der Waals surface area contributed by atoms with Crippen LogP contribution in [0.2, 0.25) is 0 Å². The van der Waals surface area contributed by atoms with Crippen molar-refractivity contribution in [2.24, 2.45) is 0 Å². The molecule has 3 rings (SSSR count). The molecule has 0 bridgehead atoms. The standard InChI is InChI=1S/C13H16BrN5O6S/c1-6(20)23-3-7-8(14)10(25-26(2,21)22)13(24-7)19-5-18-9-11(15)16-4-17-12(9)19/h4-5,7-8,10,13H,3H2,1-2H3,(H2,15,16,17)/t7-,8-,10-,13-/m1/s1. The summed E-state index contributed by atoms with van der Waals surface area (Å²) in [6.45, 7) is 1.19. The fourth-order valence-corrected chi connectivity index (χ4v) is 4.02. The molecule has 1 saturated heterocycles. The molecule has 142 valence electrons. The number of nitrogen functional groups attached to an aromatic ring is 1. The number of anilines is 1. The number of aromatic nitrogens is 4. The van der Waals surface area contributed by atoms with E-state index >= 15 is 0 Å². The number of alkyl halides is 1. The topological polar surface area (TPSA) is 149 Å². The number of fused-ring (bicyclic) bond motifs is 1. The van der Waals surface area contributed by atoms with E-state index in [2.05, 4.69) is 30.9 Å². The molecule has 0 aliphatic carbocycles. The van der Waals surface area contributed by atoms with E-state index in [-0.39, 0.29) is 12.4 Å². The van der Waals surface area contributed by atoms with Crippen LogP contribution in [0.3, 0.4) is 0 Å². The predicted octanol–water partition coefficient (Wildman–Crippen LogP) is -0.0227. The van der Waals surface area contributed by atoms with Gasteiger partial charge in [-0.2, -0.15) is 8.42 Å². The molecule has 0 aromatic carbocycles.